The summed E-state index contributed by atoms with van der Waals surface area (Å²) >= 11 is 0. The summed E-state index contributed by atoms with van der Waals surface area (Å²) in [5.41, 5.74) is -0.757. The van der Waals surface area contributed by atoms with E-state index in [1.165, 1.54) is 9.47 Å². The fourth-order valence-electron chi connectivity index (χ4n) is 6.03. The van der Waals surface area contributed by atoms with Gasteiger partial charge < -0.3 is 24.2 Å². The lowest BCUT2D eigenvalue weighted by molar-refractivity contribution is -0.136. The third kappa shape index (κ3) is 4.28. The van der Waals surface area contributed by atoms with E-state index < -0.39 is 51.0 Å². The summed E-state index contributed by atoms with van der Waals surface area (Å²) in [5, 5.41) is 8.51. The molecule has 1 atom stereocenters. The van der Waals surface area contributed by atoms with Crippen molar-refractivity contribution >= 4 is 28.5 Å². The summed E-state index contributed by atoms with van der Waals surface area (Å²) < 4.78 is 53.2. The third-order valence-electron chi connectivity index (χ3n) is 8.34. The number of halogens is 3. The van der Waals surface area contributed by atoms with Gasteiger partial charge in [-0.05, 0) is 55.4 Å². The maximum absolute atomic E-state index is 16.0. The highest BCUT2D eigenvalue weighted by Crippen LogP contribution is 2.41. The van der Waals surface area contributed by atoms with E-state index in [1.807, 2.05) is 18.2 Å². The first kappa shape index (κ1) is 26.2. The number of ether oxygens (including phenoxy) is 1. The van der Waals surface area contributed by atoms with Crippen LogP contribution in [-0.2, 0) is 17.6 Å². The van der Waals surface area contributed by atoms with Crippen LogP contribution < -0.4 is 15.1 Å². The van der Waals surface area contributed by atoms with Crippen LogP contribution >= 0.6 is 0 Å². The van der Waals surface area contributed by atoms with Crippen LogP contribution in [0.1, 0.15) is 46.8 Å². The fourth-order valence-corrected chi connectivity index (χ4v) is 6.03. The van der Waals surface area contributed by atoms with Crippen molar-refractivity contribution in [3.05, 3.63) is 68.8 Å². The lowest BCUT2D eigenvalue weighted by atomic mass is 9.83. The van der Waals surface area contributed by atoms with Crippen LogP contribution in [0.5, 0.6) is 5.75 Å². The van der Waals surface area contributed by atoms with Crippen LogP contribution in [0.2, 0.25) is 0 Å². The SMILES string of the molecule is COc1ccc2c(c1)CCC(C(=O)N1CCN(c3c(F)c(F)c4c(=O)c(C(=O)O)cn(C5CC5)c4c3F)CC1)C2. The molecule has 1 aromatic heterocycles. The van der Waals surface area contributed by atoms with Crippen molar-refractivity contribution in [1.82, 2.24) is 9.47 Å². The number of fused-ring (bicyclic) bond motifs is 2. The van der Waals surface area contributed by atoms with E-state index in [0.29, 0.717) is 25.7 Å². The molecule has 210 valence electrons. The first-order valence-electron chi connectivity index (χ1n) is 13.4. The summed E-state index contributed by atoms with van der Waals surface area (Å²) in [7, 11) is 1.61. The second kappa shape index (κ2) is 9.87. The standard InChI is InChI=1S/C29H28F3N3O5/c1-40-19-7-4-15-12-17(3-2-16(15)13-19)28(37)34-10-8-33(9-11-34)26-23(31)22(30)21-25(24(26)32)35(18-5-6-18)14-20(27(21)36)29(38)39/h4,7,13-14,17-18H,2-3,5-6,8-12H2,1H3,(H,38,39). The van der Waals surface area contributed by atoms with Crippen LogP contribution in [0.25, 0.3) is 10.9 Å². The molecule has 2 heterocycles. The summed E-state index contributed by atoms with van der Waals surface area (Å²) in [6.07, 6.45) is 4.27. The topological polar surface area (TPSA) is 92.1 Å². The summed E-state index contributed by atoms with van der Waals surface area (Å²) in [6.45, 7) is 0.561. The monoisotopic (exact) mass is 555 g/mol. The quantitative estimate of drug-likeness (QED) is 0.480. The number of hydrogen-bond acceptors (Lipinski definition) is 5. The molecule has 1 amide bonds. The van der Waals surface area contributed by atoms with Gasteiger partial charge in [0.25, 0.3) is 0 Å². The van der Waals surface area contributed by atoms with Crippen LogP contribution in [0.3, 0.4) is 0 Å². The number of rotatable bonds is 5. The third-order valence-corrected chi connectivity index (χ3v) is 8.34. The van der Waals surface area contributed by atoms with Gasteiger partial charge in [-0.3, -0.25) is 9.59 Å². The molecular weight excluding hydrogens is 527 g/mol. The van der Waals surface area contributed by atoms with Gasteiger partial charge in [0, 0.05) is 44.3 Å². The number of benzene rings is 2. The first-order chi connectivity index (χ1) is 19.2. The maximum Gasteiger partial charge on any atom is 0.341 e. The van der Waals surface area contributed by atoms with E-state index in [2.05, 4.69) is 0 Å². The molecule has 3 aliphatic rings. The van der Waals surface area contributed by atoms with Crippen LogP contribution in [0.4, 0.5) is 18.9 Å². The Morgan fingerprint density at radius 2 is 1.70 bits per heavy atom. The molecule has 2 fully saturated rings. The molecule has 1 saturated heterocycles. The highest BCUT2D eigenvalue weighted by Gasteiger charge is 2.36. The molecule has 6 rings (SSSR count). The minimum Gasteiger partial charge on any atom is -0.497 e. The van der Waals surface area contributed by atoms with Gasteiger partial charge in [-0.1, -0.05) is 6.07 Å². The molecule has 0 bridgehead atoms. The highest BCUT2D eigenvalue weighted by atomic mass is 19.2. The van der Waals surface area contributed by atoms with Crippen molar-refractivity contribution in [2.75, 3.05) is 38.2 Å². The zero-order chi connectivity index (χ0) is 28.3. The number of carbonyl (C=O) groups is 2. The van der Waals surface area contributed by atoms with E-state index in [9.17, 15) is 19.5 Å². The number of methoxy groups -OCH3 is 1. The van der Waals surface area contributed by atoms with Crippen molar-refractivity contribution in [3.63, 3.8) is 0 Å². The number of nitrogens with zero attached hydrogens (tertiary/aromatic N) is 3. The van der Waals surface area contributed by atoms with E-state index in [-0.39, 0.29) is 44.0 Å². The number of amides is 1. The number of hydrogen-bond donors (Lipinski definition) is 1. The van der Waals surface area contributed by atoms with E-state index in [0.717, 1.165) is 29.5 Å². The number of aryl methyl sites for hydroxylation is 1. The average Bonchev–Trinajstić information content (AvgIpc) is 3.80. The fraction of sp³-hybridized carbons (Fsp3) is 0.414. The maximum atomic E-state index is 16.0. The average molecular weight is 556 g/mol. The minimum atomic E-state index is -1.59. The zero-order valence-corrected chi connectivity index (χ0v) is 21.9. The Morgan fingerprint density at radius 3 is 2.35 bits per heavy atom. The van der Waals surface area contributed by atoms with Crippen molar-refractivity contribution in [2.24, 2.45) is 5.92 Å². The molecule has 1 saturated carbocycles. The Labute approximate surface area is 227 Å². The van der Waals surface area contributed by atoms with Gasteiger partial charge in [-0.25, -0.2) is 18.0 Å². The summed E-state index contributed by atoms with van der Waals surface area (Å²) in [6, 6.07) is 5.55. The molecule has 1 aliphatic heterocycles. The number of carboxylic acid groups (broad SMARTS) is 1. The van der Waals surface area contributed by atoms with Gasteiger partial charge in [0.2, 0.25) is 11.3 Å². The van der Waals surface area contributed by atoms with Crippen LogP contribution in [0.15, 0.2) is 29.2 Å². The van der Waals surface area contributed by atoms with E-state index in [4.69, 9.17) is 4.74 Å². The normalized spacial score (nSPS) is 19.1. The predicted molar refractivity (Wildman–Crippen MR) is 141 cm³/mol. The number of pyridine rings is 1. The molecule has 1 N–H and O–H groups in total. The first-order valence-corrected chi connectivity index (χ1v) is 13.4. The van der Waals surface area contributed by atoms with Gasteiger partial charge >= 0.3 is 5.97 Å². The summed E-state index contributed by atoms with van der Waals surface area (Å²) in [5.74, 6) is -5.23. The van der Waals surface area contributed by atoms with Crippen molar-refractivity contribution < 1.29 is 32.6 Å². The van der Waals surface area contributed by atoms with Gasteiger partial charge in [-0.2, -0.15) is 0 Å². The Balaban J connectivity index is 1.25. The number of piperazine rings is 1. The molecule has 0 radical (unpaired) electrons. The Bertz CT molecular complexity index is 1610. The summed E-state index contributed by atoms with van der Waals surface area (Å²) in [4.78, 5) is 40.7. The molecular formula is C29H28F3N3O5. The molecule has 0 spiro atoms. The predicted octanol–water partition coefficient (Wildman–Crippen LogP) is 3.91. The lowest BCUT2D eigenvalue weighted by Gasteiger charge is -2.38. The number of aromatic nitrogens is 1. The minimum absolute atomic E-state index is 0.0180. The number of carboxylic acids is 1. The van der Waals surface area contributed by atoms with Gasteiger partial charge in [0.1, 0.15) is 17.0 Å². The smallest absolute Gasteiger partial charge is 0.341 e. The number of aromatic carboxylic acids is 1. The second-order valence-electron chi connectivity index (χ2n) is 10.7. The molecule has 11 heteroatoms. The molecule has 8 nitrogen and oxygen atoms in total. The van der Waals surface area contributed by atoms with E-state index >= 15 is 13.2 Å². The number of carbonyl (C=O) groups excluding carboxylic acids is 1. The van der Waals surface area contributed by atoms with E-state index in [1.54, 1.807) is 12.0 Å². The molecule has 40 heavy (non-hydrogen) atoms. The Kier molecular flexibility index (Phi) is 6.47. The largest absolute Gasteiger partial charge is 0.497 e. The molecule has 1 unspecified atom stereocenters. The van der Waals surface area contributed by atoms with Crippen molar-refractivity contribution in [2.45, 2.75) is 38.1 Å². The highest BCUT2D eigenvalue weighted by molar-refractivity contribution is 5.94. The molecule has 2 aromatic carbocycles. The van der Waals surface area contributed by atoms with Gasteiger partial charge in [-0.15, -0.1) is 0 Å². The second-order valence-corrected chi connectivity index (χ2v) is 10.7. The van der Waals surface area contributed by atoms with Crippen LogP contribution in [0, 0.1) is 23.4 Å². The zero-order valence-electron chi connectivity index (χ0n) is 21.9. The van der Waals surface area contributed by atoms with Crippen molar-refractivity contribution in [1.29, 1.82) is 0 Å². The van der Waals surface area contributed by atoms with Crippen LogP contribution in [-0.4, -0.2) is 59.7 Å². The Hall–Kier alpha value is -4.02. The Morgan fingerprint density at radius 1 is 0.975 bits per heavy atom. The molecule has 2 aliphatic carbocycles. The van der Waals surface area contributed by atoms with Crippen molar-refractivity contribution in [3.8, 4) is 5.75 Å². The van der Waals surface area contributed by atoms with Gasteiger partial charge in [0.15, 0.2) is 17.5 Å². The number of anilines is 1. The van der Waals surface area contributed by atoms with Gasteiger partial charge in [0.05, 0.1) is 18.0 Å². The lowest BCUT2D eigenvalue weighted by Crippen LogP contribution is -2.51. The molecule has 3 aromatic rings.